The van der Waals surface area contributed by atoms with Crippen LogP contribution in [0.5, 0.6) is 5.75 Å². The first-order valence-corrected chi connectivity index (χ1v) is 12.4. The topological polar surface area (TPSA) is 95.5 Å². The average Bonchev–Trinajstić information content (AvgIpc) is 2.87. The third kappa shape index (κ3) is 5.11. The fourth-order valence-corrected chi connectivity index (χ4v) is 4.73. The number of carbonyl (C=O) groups is 1. The molecule has 1 amide bonds. The first kappa shape index (κ1) is 23.5. The molecule has 4 aromatic rings. The van der Waals surface area contributed by atoms with Crippen molar-refractivity contribution in [3.05, 3.63) is 108 Å². The second-order valence-electron chi connectivity index (χ2n) is 7.98. The Kier molecular flexibility index (Phi) is 6.95. The van der Waals surface area contributed by atoms with E-state index in [1.165, 1.54) is 19.2 Å². The van der Waals surface area contributed by atoms with Crippen molar-refractivity contribution in [2.24, 2.45) is 0 Å². The van der Waals surface area contributed by atoms with E-state index in [1.54, 1.807) is 18.2 Å². The number of aryl methyl sites for hydroxylation is 1. The fraction of sp³-hybridized carbons (Fsp3) is 0.148. The van der Waals surface area contributed by atoms with Gasteiger partial charge in [-0.05, 0) is 53.6 Å². The molecule has 0 aromatic heterocycles. The number of hydrogen-bond donors (Lipinski definition) is 3. The van der Waals surface area contributed by atoms with Crippen LogP contribution in [0.4, 0.5) is 0 Å². The molecular formula is C27H26N2O4S. The third-order valence-corrected chi connectivity index (χ3v) is 7.25. The summed E-state index contributed by atoms with van der Waals surface area (Å²) < 4.78 is 26.1. The van der Waals surface area contributed by atoms with Gasteiger partial charge in [-0.3, -0.25) is 4.79 Å². The van der Waals surface area contributed by atoms with Gasteiger partial charge in [0.05, 0.1) is 10.9 Å². The van der Waals surface area contributed by atoms with Gasteiger partial charge < -0.3 is 10.4 Å². The number of carbonyl (C=O) groups excluding carboxylic acids is 1. The van der Waals surface area contributed by atoms with Crippen molar-refractivity contribution in [1.82, 2.24) is 10.0 Å². The predicted molar refractivity (Wildman–Crippen MR) is 133 cm³/mol. The molecule has 4 aromatic carbocycles. The first-order valence-electron chi connectivity index (χ1n) is 11.0. The van der Waals surface area contributed by atoms with Crippen LogP contribution < -0.4 is 10.0 Å². The number of sulfonamides is 1. The van der Waals surface area contributed by atoms with Crippen LogP contribution in [0.2, 0.25) is 0 Å². The second kappa shape index (κ2) is 10.1. The minimum absolute atomic E-state index is 0.120. The Balaban J connectivity index is 1.57. The van der Waals surface area contributed by atoms with E-state index in [-0.39, 0.29) is 23.0 Å². The maximum Gasteiger partial charge on any atom is 0.240 e. The van der Waals surface area contributed by atoms with Gasteiger partial charge in [0.2, 0.25) is 15.9 Å². The van der Waals surface area contributed by atoms with Crippen LogP contribution in [-0.4, -0.2) is 26.5 Å². The van der Waals surface area contributed by atoms with Crippen molar-refractivity contribution in [1.29, 1.82) is 0 Å². The lowest BCUT2D eigenvalue weighted by Gasteiger charge is -2.22. The number of fused-ring (bicyclic) bond motifs is 1. The molecule has 1 atom stereocenters. The van der Waals surface area contributed by atoms with Gasteiger partial charge in [0, 0.05) is 12.0 Å². The maximum absolute atomic E-state index is 13.0. The Morgan fingerprint density at radius 2 is 1.56 bits per heavy atom. The molecule has 0 saturated heterocycles. The number of benzene rings is 4. The van der Waals surface area contributed by atoms with Crippen LogP contribution >= 0.6 is 0 Å². The molecule has 0 spiro atoms. The van der Waals surface area contributed by atoms with E-state index >= 15 is 0 Å². The summed E-state index contributed by atoms with van der Waals surface area (Å²) in [6, 6.07) is 26.8. The SMILES string of the molecule is CNS(=O)(=O)c1ccc(CCC(=O)NC(c2ccccc2)c2c(O)ccc3ccccc23)cc1. The Labute approximate surface area is 199 Å². The van der Waals surface area contributed by atoms with Crippen LogP contribution in [-0.2, 0) is 21.2 Å². The van der Waals surface area contributed by atoms with Crippen LogP contribution in [0.15, 0.2) is 95.9 Å². The van der Waals surface area contributed by atoms with Crippen molar-refractivity contribution in [2.75, 3.05) is 7.05 Å². The zero-order valence-corrected chi connectivity index (χ0v) is 19.5. The number of amides is 1. The van der Waals surface area contributed by atoms with Crippen LogP contribution in [0.3, 0.4) is 0 Å². The molecule has 0 fully saturated rings. The van der Waals surface area contributed by atoms with Gasteiger partial charge in [0.25, 0.3) is 0 Å². The van der Waals surface area contributed by atoms with E-state index in [4.69, 9.17) is 0 Å². The number of phenols is 1. The highest BCUT2D eigenvalue weighted by Gasteiger charge is 2.22. The van der Waals surface area contributed by atoms with Crippen molar-refractivity contribution in [3.8, 4) is 5.75 Å². The van der Waals surface area contributed by atoms with Gasteiger partial charge in [-0.2, -0.15) is 0 Å². The first-order chi connectivity index (χ1) is 16.4. The van der Waals surface area contributed by atoms with Gasteiger partial charge in [-0.15, -0.1) is 0 Å². The zero-order chi connectivity index (χ0) is 24.1. The van der Waals surface area contributed by atoms with E-state index in [2.05, 4.69) is 10.0 Å². The van der Waals surface area contributed by atoms with Crippen molar-refractivity contribution >= 4 is 26.7 Å². The van der Waals surface area contributed by atoms with Gasteiger partial charge in [0.1, 0.15) is 5.75 Å². The summed E-state index contributed by atoms with van der Waals surface area (Å²) in [4.78, 5) is 13.2. The number of nitrogens with one attached hydrogen (secondary N) is 2. The standard InChI is InChI=1S/C27H26N2O4S/c1-28-34(32,33)22-15-11-19(12-16-22)13-18-25(31)29-27(21-8-3-2-4-9-21)26-23-10-6-5-7-20(23)14-17-24(26)30/h2-12,14-17,27-28,30H,13,18H2,1H3,(H,29,31). The second-order valence-corrected chi connectivity index (χ2v) is 9.87. The van der Waals surface area contributed by atoms with E-state index in [9.17, 15) is 18.3 Å². The highest BCUT2D eigenvalue weighted by atomic mass is 32.2. The summed E-state index contributed by atoms with van der Waals surface area (Å²) in [5.41, 5.74) is 2.37. The summed E-state index contributed by atoms with van der Waals surface area (Å²) in [5.74, 6) is -0.0534. The summed E-state index contributed by atoms with van der Waals surface area (Å²) in [6.07, 6.45) is 0.668. The van der Waals surface area contributed by atoms with Gasteiger partial charge in [-0.25, -0.2) is 13.1 Å². The van der Waals surface area contributed by atoms with Gasteiger partial charge >= 0.3 is 0 Å². The number of aromatic hydroxyl groups is 1. The lowest BCUT2D eigenvalue weighted by atomic mass is 9.92. The largest absolute Gasteiger partial charge is 0.508 e. The highest BCUT2D eigenvalue weighted by molar-refractivity contribution is 7.89. The van der Waals surface area contributed by atoms with Crippen LogP contribution in [0, 0.1) is 0 Å². The van der Waals surface area contributed by atoms with E-state index in [0.717, 1.165) is 21.9 Å². The highest BCUT2D eigenvalue weighted by Crippen LogP contribution is 2.35. The molecule has 0 saturated carbocycles. The van der Waals surface area contributed by atoms with Crippen molar-refractivity contribution in [3.63, 3.8) is 0 Å². The Morgan fingerprint density at radius 1 is 0.882 bits per heavy atom. The molecule has 0 bridgehead atoms. The summed E-state index contributed by atoms with van der Waals surface area (Å²) >= 11 is 0. The monoisotopic (exact) mass is 474 g/mol. The van der Waals surface area contributed by atoms with Gasteiger partial charge in [0.15, 0.2) is 0 Å². The van der Waals surface area contributed by atoms with Crippen LogP contribution in [0.1, 0.15) is 29.2 Å². The molecule has 3 N–H and O–H groups in total. The summed E-state index contributed by atoms with van der Waals surface area (Å²) in [5, 5.41) is 15.7. The predicted octanol–water partition coefficient (Wildman–Crippen LogP) is 4.29. The molecule has 0 aliphatic carbocycles. The molecule has 0 aliphatic heterocycles. The molecule has 34 heavy (non-hydrogen) atoms. The lowest BCUT2D eigenvalue weighted by Crippen LogP contribution is -2.29. The molecule has 6 nitrogen and oxygen atoms in total. The van der Waals surface area contributed by atoms with E-state index in [0.29, 0.717) is 12.0 Å². The fourth-order valence-electron chi connectivity index (χ4n) is 4.00. The van der Waals surface area contributed by atoms with E-state index in [1.807, 2.05) is 60.7 Å². The summed E-state index contributed by atoms with van der Waals surface area (Å²) in [7, 11) is -2.13. The molecule has 0 heterocycles. The normalized spacial score (nSPS) is 12.4. The number of phenolic OH excluding ortho intramolecular Hbond substituents is 1. The number of rotatable bonds is 8. The molecule has 7 heteroatoms. The Hall–Kier alpha value is -3.68. The van der Waals surface area contributed by atoms with E-state index < -0.39 is 16.1 Å². The Morgan fingerprint density at radius 3 is 2.26 bits per heavy atom. The van der Waals surface area contributed by atoms with Crippen molar-refractivity contribution < 1.29 is 18.3 Å². The molecule has 0 radical (unpaired) electrons. The Bertz CT molecular complexity index is 1400. The minimum atomic E-state index is -3.50. The van der Waals surface area contributed by atoms with Gasteiger partial charge in [-0.1, -0.05) is 72.8 Å². The van der Waals surface area contributed by atoms with Crippen LogP contribution in [0.25, 0.3) is 10.8 Å². The maximum atomic E-state index is 13.0. The lowest BCUT2D eigenvalue weighted by molar-refractivity contribution is -0.121. The summed E-state index contributed by atoms with van der Waals surface area (Å²) in [6.45, 7) is 0. The molecule has 4 rings (SSSR count). The average molecular weight is 475 g/mol. The minimum Gasteiger partial charge on any atom is -0.508 e. The van der Waals surface area contributed by atoms with Crippen molar-refractivity contribution in [2.45, 2.75) is 23.8 Å². The number of hydrogen-bond acceptors (Lipinski definition) is 4. The zero-order valence-electron chi connectivity index (χ0n) is 18.7. The molecule has 1 unspecified atom stereocenters. The quantitative estimate of drug-likeness (QED) is 0.355. The third-order valence-electron chi connectivity index (χ3n) is 5.82. The molecule has 0 aliphatic rings. The smallest absolute Gasteiger partial charge is 0.240 e. The molecule has 174 valence electrons. The molecular weight excluding hydrogens is 448 g/mol.